The lowest BCUT2D eigenvalue weighted by Crippen LogP contribution is -2.52. The van der Waals surface area contributed by atoms with Crippen molar-refractivity contribution >= 4 is 5.97 Å². The van der Waals surface area contributed by atoms with Gasteiger partial charge in [-0.25, -0.2) is 0 Å². The molecule has 3 rings (SSSR count). The van der Waals surface area contributed by atoms with E-state index in [1.165, 1.54) is 12.0 Å². The molecule has 0 aromatic heterocycles. The van der Waals surface area contributed by atoms with E-state index >= 15 is 0 Å². The summed E-state index contributed by atoms with van der Waals surface area (Å²) in [5.74, 6) is -0.0164. The minimum absolute atomic E-state index is 0.476. The topological polar surface area (TPSA) is 40.5 Å². The maximum absolute atomic E-state index is 11.7. The molecule has 1 N–H and O–H groups in total. The molecule has 2 aliphatic rings. The number of carbonyl (C=O) groups is 1. The second kappa shape index (κ2) is 4.97. The van der Waals surface area contributed by atoms with Gasteiger partial charge in [-0.3, -0.25) is 9.69 Å². The zero-order chi connectivity index (χ0) is 13.3. The maximum atomic E-state index is 11.7. The van der Waals surface area contributed by atoms with Crippen LogP contribution in [0.15, 0.2) is 30.3 Å². The summed E-state index contributed by atoms with van der Waals surface area (Å²) in [7, 11) is 0. The van der Waals surface area contributed by atoms with Crippen molar-refractivity contribution in [3.05, 3.63) is 35.9 Å². The average molecular weight is 259 g/mol. The summed E-state index contributed by atoms with van der Waals surface area (Å²) in [5, 5.41) is 9.60. The molecule has 2 unspecified atom stereocenters. The maximum Gasteiger partial charge on any atom is 0.310 e. The van der Waals surface area contributed by atoms with Gasteiger partial charge in [0.05, 0.1) is 5.41 Å². The molecule has 2 bridgehead atoms. The van der Waals surface area contributed by atoms with Crippen LogP contribution in [0.5, 0.6) is 0 Å². The van der Waals surface area contributed by atoms with Crippen molar-refractivity contribution in [1.29, 1.82) is 0 Å². The summed E-state index contributed by atoms with van der Waals surface area (Å²) in [6.45, 7) is 2.66. The van der Waals surface area contributed by atoms with Gasteiger partial charge >= 0.3 is 5.97 Å². The van der Waals surface area contributed by atoms with Crippen LogP contribution >= 0.6 is 0 Å². The molecule has 0 spiro atoms. The molecule has 0 radical (unpaired) electrons. The lowest BCUT2D eigenvalue weighted by Gasteiger charge is -2.47. The Kier molecular flexibility index (Phi) is 3.31. The fourth-order valence-corrected chi connectivity index (χ4v) is 3.87. The lowest BCUT2D eigenvalue weighted by molar-refractivity contribution is -0.157. The molecule has 3 nitrogen and oxygen atoms in total. The van der Waals surface area contributed by atoms with Gasteiger partial charge in [0.2, 0.25) is 0 Å². The smallest absolute Gasteiger partial charge is 0.310 e. The van der Waals surface area contributed by atoms with Gasteiger partial charge in [0.15, 0.2) is 0 Å². The Hall–Kier alpha value is -1.35. The van der Waals surface area contributed by atoms with Crippen LogP contribution in [-0.4, -0.2) is 29.1 Å². The van der Waals surface area contributed by atoms with Crippen LogP contribution in [0, 0.1) is 11.3 Å². The van der Waals surface area contributed by atoms with Gasteiger partial charge < -0.3 is 5.11 Å². The minimum Gasteiger partial charge on any atom is -0.481 e. The zero-order valence-electron chi connectivity index (χ0n) is 11.2. The number of carboxylic acids is 1. The van der Waals surface area contributed by atoms with Gasteiger partial charge in [0.1, 0.15) is 0 Å². The molecule has 19 heavy (non-hydrogen) atoms. The largest absolute Gasteiger partial charge is 0.481 e. The molecule has 1 aliphatic heterocycles. The van der Waals surface area contributed by atoms with E-state index < -0.39 is 11.4 Å². The predicted molar refractivity (Wildman–Crippen MR) is 73.7 cm³/mol. The van der Waals surface area contributed by atoms with Gasteiger partial charge in [-0.2, -0.15) is 0 Å². The summed E-state index contributed by atoms with van der Waals surface area (Å²) in [6.07, 6.45) is 4.01. The van der Waals surface area contributed by atoms with E-state index in [2.05, 4.69) is 17.0 Å². The second-order valence-electron chi connectivity index (χ2n) is 6.20. The molecule has 1 saturated carbocycles. The molecule has 1 saturated heterocycles. The Morgan fingerprint density at radius 3 is 2.89 bits per heavy atom. The summed E-state index contributed by atoms with van der Waals surface area (Å²) in [4.78, 5) is 14.0. The number of rotatable bonds is 3. The van der Waals surface area contributed by atoms with E-state index in [0.29, 0.717) is 12.5 Å². The van der Waals surface area contributed by atoms with E-state index in [9.17, 15) is 9.90 Å². The number of nitrogens with zero attached hydrogens (tertiary/aromatic N) is 1. The van der Waals surface area contributed by atoms with Gasteiger partial charge in [-0.15, -0.1) is 0 Å². The number of hydrogen-bond acceptors (Lipinski definition) is 2. The molecule has 1 aromatic carbocycles. The first-order valence-electron chi connectivity index (χ1n) is 7.18. The summed E-state index contributed by atoms with van der Waals surface area (Å²) in [6, 6.07) is 10.4. The molecular weight excluding hydrogens is 238 g/mol. The molecular formula is C16H21NO2. The van der Waals surface area contributed by atoms with Crippen LogP contribution < -0.4 is 0 Å². The monoisotopic (exact) mass is 259 g/mol. The molecule has 3 heteroatoms. The van der Waals surface area contributed by atoms with Gasteiger partial charge in [0.25, 0.3) is 0 Å². The Balaban J connectivity index is 1.75. The number of likely N-dealkylation sites (tertiary alicyclic amines) is 1. The molecule has 1 heterocycles. The van der Waals surface area contributed by atoms with Crippen molar-refractivity contribution < 1.29 is 9.90 Å². The molecule has 1 aromatic rings. The minimum atomic E-state index is -0.588. The molecule has 2 atom stereocenters. The van der Waals surface area contributed by atoms with Crippen molar-refractivity contribution in [3.63, 3.8) is 0 Å². The van der Waals surface area contributed by atoms with Crippen molar-refractivity contribution in [1.82, 2.24) is 4.90 Å². The van der Waals surface area contributed by atoms with Crippen LogP contribution in [0.4, 0.5) is 0 Å². The van der Waals surface area contributed by atoms with E-state index in [0.717, 1.165) is 32.4 Å². The number of aliphatic carboxylic acids is 1. The summed E-state index contributed by atoms with van der Waals surface area (Å²) >= 11 is 0. The Labute approximate surface area is 114 Å². The quantitative estimate of drug-likeness (QED) is 0.907. The number of benzene rings is 1. The Morgan fingerprint density at radius 1 is 1.37 bits per heavy atom. The molecule has 2 fully saturated rings. The normalized spacial score (nSPS) is 31.1. The van der Waals surface area contributed by atoms with Gasteiger partial charge in [-0.1, -0.05) is 36.8 Å². The third-order valence-corrected chi connectivity index (χ3v) is 4.69. The first-order valence-corrected chi connectivity index (χ1v) is 7.18. The SMILES string of the molecule is O=C(O)C12CCCC(CN(Cc3ccccc3)C1)C2. The fraction of sp³-hybridized carbons (Fsp3) is 0.562. The summed E-state index contributed by atoms with van der Waals surface area (Å²) in [5.41, 5.74) is 0.804. The highest BCUT2D eigenvalue weighted by atomic mass is 16.4. The summed E-state index contributed by atoms with van der Waals surface area (Å²) < 4.78 is 0. The van der Waals surface area contributed by atoms with Crippen LogP contribution in [0.25, 0.3) is 0 Å². The number of piperidine rings is 1. The van der Waals surface area contributed by atoms with E-state index in [1.54, 1.807) is 0 Å². The molecule has 0 amide bonds. The first kappa shape index (κ1) is 12.7. The highest BCUT2D eigenvalue weighted by Crippen LogP contribution is 2.44. The van der Waals surface area contributed by atoms with Crippen LogP contribution in [0.2, 0.25) is 0 Å². The van der Waals surface area contributed by atoms with Crippen molar-refractivity contribution in [2.75, 3.05) is 13.1 Å². The third kappa shape index (κ3) is 2.52. The van der Waals surface area contributed by atoms with E-state index in [1.807, 2.05) is 18.2 Å². The zero-order valence-corrected chi connectivity index (χ0v) is 11.2. The molecule has 1 aliphatic carbocycles. The predicted octanol–water partition coefficient (Wildman–Crippen LogP) is 2.76. The van der Waals surface area contributed by atoms with Crippen molar-refractivity contribution in [2.45, 2.75) is 32.2 Å². The molecule has 102 valence electrons. The first-order chi connectivity index (χ1) is 9.18. The lowest BCUT2D eigenvalue weighted by atomic mass is 9.66. The van der Waals surface area contributed by atoms with Crippen LogP contribution in [0.1, 0.15) is 31.2 Å². The van der Waals surface area contributed by atoms with Crippen molar-refractivity contribution in [3.8, 4) is 0 Å². The van der Waals surface area contributed by atoms with E-state index in [-0.39, 0.29) is 0 Å². The second-order valence-corrected chi connectivity index (χ2v) is 6.20. The highest BCUT2D eigenvalue weighted by Gasteiger charge is 2.47. The highest BCUT2D eigenvalue weighted by molar-refractivity contribution is 5.75. The number of carboxylic acid groups (broad SMARTS) is 1. The average Bonchev–Trinajstić information content (AvgIpc) is 2.39. The Bertz CT molecular complexity index is 459. The third-order valence-electron chi connectivity index (χ3n) is 4.69. The number of hydrogen-bond donors (Lipinski definition) is 1. The van der Waals surface area contributed by atoms with Gasteiger partial charge in [0, 0.05) is 19.6 Å². The Morgan fingerprint density at radius 2 is 2.16 bits per heavy atom. The number of fused-ring (bicyclic) bond motifs is 2. The standard InChI is InChI=1S/C16H21NO2/c18-15(19)16-8-4-7-14(9-16)11-17(12-16)10-13-5-2-1-3-6-13/h1-3,5-6,14H,4,7-12H2,(H,18,19). The van der Waals surface area contributed by atoms with E-state index in [4.69, 9.17) is 0 Å². The van der Waals surface area contributed by atoms with Crippen molar-refractivity contribution in [2.24, 2.45) is 11.3 Å². The van der Waals surface area contributed by atoms with Crippen LogP contribution in [0.3, 0.4) is 0 Å². The van der Waals surface area contributed by atoms with Crippen LogP contribution in [-0.2, 0) is 11.3 Å². The fourth-order valence-electron chi connectivity index (χ4n) is 3.87. The van der Waals surface area contributed by atoms with Gasteiger partial charge in [-0.05, 0) is 30.7 Å².